The first kappa shape index (κ1) is 21.0. The van der Waals surface area contributed by atoms with Gasteiger partial charge < -0.3 is 14.5 Å². The minimum Gasteiger partial charge on any atom is -0.471 e. The van der Waals surface area contributed by atoms with Gasteiger partial charge >= 0.3 is 6.01 Å². The Bertz CT molecular complexity index is 1370. The summed E-state index contributed by atoms with van der Waals surface area (Å²) in [5, 5.41) is 0.0959. The Balaban J connectivity index is 1.58. The van der Waals surface area contributed by atoms with Crippen LogP contribution in [0, 0.1) is 11.6 Å². The summed E-state index contributed by atoms with van der Waals surface area (Å²) in [6, 6.07) is 10.9. The Morgan fingerprint density at radius 2 is 1.77 bits per heavy atom. The van der Waals surface area contributed by atoms with Crippen molar-refractivity contribution in [2.45, 2.75) is 11.5 Å². The van der Waals surface area contributed by atoms with Crippen molar-refractivity contribution in [2.24, 2.45) is 0 Å². The highest BCUT2D eigenvalue weighted by atomic mass is 35.5. The van der Waals surface area contributed by atoms with E-state index in [4.69, 9.17) is 21.1 Å². The number of aromatic nitrogens is 3. The van der Waals surface area contributed by atoms with Crippen molar-refractivity contribution in [3.8, 4) is 17.6 Å². The maximum atomic E-state index is 13.8. The molecule has 0 radical (unpaired) electrons. The summed E-state index contributed by atoms with van der Waals surface area (Å²) >= 11 is 6.16. The molecule has 0 saturated carbocycles. The van der Waals surface area contributed by atoms with E-state index in [0.717, 1.165) is 18.4 Å². The molecule has 0 unspecified atom stereocenters. The molecule has 0 spiro atoms. The van der Waals surface area contributed by atoms with Crippen LogP contribution in [0.2, 0.25) is 5.02 Å². The number of aromatic amines is 1. The smallest absolute Gasteiger partial charge is 0.301 e. The first-order valence-electron chi connectivity index (χ1n) is 8.80. The van der Waals surface area contributed by atoms with Crippen LogP contribution in [0.25, 0.3) is 11.2 Å². The van der Waals surface area contributed by atoms with Crippen molar-refractivity contribution >= 4 is 32.6 Å². The Labute approximate surface area is 180 Å². The summed E-state index contributed by atoms with van der Waals surface area (Å²) in [4.78, 5) is 11.3. The lowest BCUT2D eigenvalue weighted by molar-refractivity contribution is 0.282. The third-order valence-corrected chi connectivity index (χ3v) is 5.62. The number of fused-ring (bicyclic) bond motifs is 1. The van der Waals surface area contributed by atoms with Crippen LogP contribution in [0.15, 0.2) is 53.4 Å². The normalized spacial score (nSPS) is 11.6. The molecular weight excluding hydrogens is 452 g/mol. The van der Waals surface area contributed by atoms with Crippen LogP contribution in [0.5, 0.6) is 17.6 Å². The van der Waals surface area contributed by atoms with Gasteiger partial charge in [0.05, 0.1) is 16.0 Å². The van der Waals surface area contributed by atoms with Crippen LogP contribution in [-0.4, -0.2) is 29.6 Å². The van der Waals surface area contributed by atoms with Crippen LogP contribution >= 0.6 is 11.6 Å². The average molecular weight is 466 g/mol. The summed E-state index contributed by atoms with van der Waals surface area (Å²) in [5.41, 5.74) is 0.351. The summed E-state index contributed by atoms with van der Waals surface area (Å²) in [7, 11) is -3.40. The molecule has 4 rings (SSSR count). The largest absolute Gasteiger partial charge is 0.471 e. The van der Waals surface area contributed by atoms with E-state index in [1.807, 2.05) is 0 Å². The number of hydrogen-bond acceptors (Lipinski definition) is 6. The van der Waals surface area contributed by atoms with Crippen LogP contribution < -0.4 is 9.47 Å². The van der Waals surface area contributed by atoms with E-state index in [9.17, 15) is 17.2 Å². The lowest BCUT2D eigenvalue weighted by atomic mass is 10.2. The molecule has 0 aliphatic carbocycles. The maximum absolute atomic E-state index is 13.8. The number of nitrogens with one attached hydrogen (secondary N) is 1. The number of sulfone groups is 1. The summed E-state index contributed by atoms with van der Waals surface area (Å²) < 4.78 is 61.9. The van der Waals surface area contributed by atoms with Gasteiger partial charge in [-0.15, -0.1) is 0 Å². The molecule has 4 aromatic rings. The van der Waals surface area contributed by atoms with Gasteiger partial charge in [-0.2, -0.15) is 9.97 Å². The first-order valence-corrected chi connectivity index (χ1v) is 11.1. The molecule has 0 bridgehead atoms. The molecule has 160 valence electrons. The van der Waals surface area contributed by atoms with Gasteiger partial charge in [-0.25, -0.2) is 17.2 Å². The second-order valence-corrected chi connectivity index (χ2v) is 8.95. The van der Waals surface area contributed by atoms with Gasteiger partial charge in [0.25, 0.3) is 0 Å². The van der Waals surface area contributed by atoms with Gasteiger partial charge in [0.1, 0.15) is 29.0 Å². The van der Waals surface area contributed by atoms with Gasteiger partial charge in [-0.1, -0.05) is 23.7 Å². The lowest BCUT2D eigenvalue weighted by Crippen LogP contribution is -2.03. The maximum Gasteiger partial charge on any atom is 0.301 e. The third-order valence-electron chi connectivity index (χ3n) is 4.24. The topological polar surface area (TPSA) is 94.2 Å². The zero-order valence-electron chi connectivity index (χ0n) is 15.9. The Morgan fingerprint density at radius 1 is 1.06 bits per heavy atom. The van der Waals surface area contributed by atoms with Crippen LogP contribution in [0.1, 0.15) is 5.56 Å². The Hall–Kier alpha value is -3.24. The third kappa shape index (κ3) is 4.59. The van der Waals surface area contributed by atoms with Crippen molar-refractivity contribution in [1.29, 1.82) is 0 Å². The number of H-pyrrole nitrogens is 1. The summed E-state index contributed by atoms with van der Waals surface area (Å²) in [5.74, 6) is -1.30. The monoisotopic (exact) mass is 465 g/mol. The Morgan fingerprint density at radius 3 is 2.48 bits per heavy atom. The number of halogens is 3. The van der Waals surface area contributed by atoms with E-state index < -0.39 is 28.1 Å². The molecule has 1 N–H and O–H groups in total. The molecule has 0 amide bonds. The fourth-order valence-electron chi connectivity index (χ4n) is 2.72. The van der Waals surface area contributed by atoms with Crippen LogP contribution in [0.4, 0.5) is 8.78 Å². The van der Waals surface area contributed by atoms with Gasteiger partial charge in [0.15, 0.2) is 15.5 Å². The quantitative estimate of drug-likeness (QED) is 0.445. The van der Waals surface area contributed by atoms with E-state index in [2.05, 4.69) is 15.0 Å². The Kier molecular flexibility index (Phi) is 5.50. The molecule has 0 aliphatic rings. The van der Waals surface area contributed by atoms with E-state index in [-0.39, 0.29) is 38.8 Å². The van der Waals surface area contributed by atoms with Crippen molar-refractivity contribution in [2.75, 3.05) is 6.26 Å². The van der Waals surface area contributed by atoms with Crippen molar-refractivity contribution in [3.63, 3.8) is 0 Å². The highest BCUT2D eigenvalue weighted by Crippen LogP contribution is 2.29. The predicted molar refractivity (Wildman–Crippen MR) is 109 cm³/mol. The molecule has 2 aromatic heterocycles. The highest BCUT2D eigenvalue weighted by molar-refractivity contribution is 7.90. The highest BCUT2D eigenvalue weighted by Gasteiger charge is 2.15. The van der Waals surface area contributed by atoms with E-state index in [1.165, 1.54) is 30.3 Å². The zero-order valence-corrected chi connectivity index (χ0v) is 17.5. The number of imidazole rings is 1. The second kappa shape index (κ2) is 8.12. The number of benzene rings is 2. The zero-order chi connectivity index (χ0) is 22.2. The van der Waals surface area contributed by atoms with Gasteiger partial charge in [0.2, 0.25) is 5.88 Å². The fourth-order valence-corrected chi connectivity index (χ4v) is 3.58. The summed E-state index contributed by atoms with van der Waals surface area (Å²) in [6.07, 6.45) is 1.09. The molecular formula is C20H14ClF2N3O4S. The number of ether oxygens (including phenoxy) is 2. The molecule has 7 nitrogen and oxygen atoms in total. The van der Waals surface area contributed by atoms with Gasteiger partial charge in [0, 0.05) is 6.26 Å². The molecule has 11 heteroatoms. The average Bonchev–Trinajstić information content (AvgIpc) is 3.08. The van der Waals surface area contributed by atoms with E-state index in [0.29, 0.717) is 5.52 Å². The molecule has 0 saturated heterocycles. The van der Waals surface area contributed by atoms with Crippen molar-refractivity contribution in [3.05, 3.63) is 70.8 Å². The summed E-state index contributed by atoms with van der Waals surface area (Å²) in [6.45, 7) is -0.414. The number of rotatable bonds is 6. The number of nitrogens with zero attached hydrogens (tertiary/aromatic N) is 2. The van der Waals surface area contributed by atoms with Gasteiger partial charge in [-0.05, 0) is 36.4 Å². The van der Waals surface area contributed by atoms with Crippen LogP contribution in [0.3, 0.4) is 0 Å². The lowest BCUT2D eigenvalue weighted by Gasteiger charge is -2.08. The standard InChI is InChI=1S/C20H14ClF2N3O4S/c1-31(27,28)12-5-2-4-11(8-12)30-20-24-17-9-14(21)19(25-18(17)26-20)29-10-13-15(22)6-3-7-16(13)23/h2-9H,10H2,1H3,(H,24,25,26). The molecule has 2 aromatic carbocycles. The molecule has 31 heavy (non-hydrogen) atoms. The van der Waals surface area contributed by atoms with Crippen molar-refractivity contribution < 1.29 is 26.7 Å². The molecule has 0 aliphatic heterocycles. The minimum absolute atomic E-state index is 0.0431. The molecule has 2 heterocycles. The fraction of sp³-hybridized carbons (Fsp3) is 0.100. The molecule has 0 atom stereocenters. The number of hydrogen-bond donors (Lipinski definition) is 1. The van der Waals surface area contributed by atoms with E-state index >= 15 is 0 Å². The SMILES string of the molecule is CS(=O)(=O)c1cccc(Oc2nc3nc(OCc4c(F)cccc4F)c(Cl)cc3[nH]2)c1. The molecule has 0 fully saturated rings. The van der Waals surface area contributed by atoms with Crippen LogP contribution in [-0.2, 0) is 16.4 Å². The van der Waals surface area contributed by atoms with Crippen molar-refractivity contribution in [1.82, 2.24) is 15.0 Å². The predicted octanol–water partition coefficient (Wildman–Crippen LogP) is 4.66. The minimum atomic E-state index is -3.40. The first-order chi connectivity index (χ1) is 14.7. The van der Waals surface area contributed by atoms with Gasteiger partial charge in [-0.3, -0.25) is 0 Å². The number of pyridine rings is 1. The van der Waals surface area contributed by atoms with E-state index in [1.54, 1.807) is 6.07 Å². The second-order valence-electron chi connectivity index (χ2n) is 6.53.